The van der Waals surface area contributed by atoms with E-state index in [1.165, 1.54) is 0 Å². The van der Waals surface area contributed by atoms with Gasteiger partial charge in [-0.2, -0.15) is 0 Å². The third-order valence-corrected chi connectivity index (χ3v) is 6.10. The van der Waals surface area contributed by atoms with E-state index >= 15 is 0 Å². The average Bonchev–Trinajstić information content (AvgIpc) is 3.11. The monoisotopic (exact) mass is 474 g/mol. The third kappa shape index (κ3) is 4.06. The van der Waals surface area contributed by atoms with Gasteiger partial charge in [-0.15, -0.1) is 0 Å². The Morgan fingerprint density at radius 2 is 1.74 bits per heavy atom. The van der Waals surface area contributed by atoms with Crippen LogP contribution < -0.4 is 10.2 Å². The van der Waals surface area contributed by atoms with Crippen LogP contribution in [0.4, 0.5) is 0 Å². The van der Waals surface area contributed by atoms with Gasteiger partial charge in [0.05, 0.1) is 17.0 Å². The summed E-state index contributed by atoms with van der Waals surface area (Å²) in [6.07, 6.45) is 0. The summed E-state index contributed by atoms with van der Waals surface area (Å²) >= 11 is 6.15. The second kappa shape index (κ2) is 8.97. The number of fused-ring (bicyclic) bond motifs is 2. The summed E-state index contributed by atoms with van der Waals surface area (Å²) in [5.41, 5.74) is 1.19. The molecule has 172 valence electrons. The Morgan fingerprint density at radius 1 is 0.971 bits per heavy atom. The van der Waals surface area contributed by atoms with Crippen LogP contribution in [-0.4, -0.2) is 42.9 Å². The highest BCUT2D eigenvalue weighted by atomic mass is 35.5. The smallest absolute Gasteiger partial charge is 0.290 e. The van der Waals surface area contributed by atoms with Gasteiger partial charge in [0.1, 0.15) is 17.1 Å². The molecule has 7 heteroatoms. The third-order valence-electron chi connectivity index (χ3n) is 5.87. The van der Waals surface area contributed by atoms with Gasteiger partial charge in [0.15, 0.2) is 5.43 Å². The molecular formula is C27H23ClN2O4. The van der Waals surface area contributed by atoms with Crippen molar-refractivity contribution < 1.29 is 13.9 Å². The SMILES string of the molecule is CN(C)CCN1C(=O)c2oc3ccc(Cl)cc3c(=O)c2C1c1cccc(Oc2ccccc2)c1. The zero-order valence-corrected chi connectivity index (χ0v) is 19.6. The highest BCUT2D eigenvalue weighted by Gasteiger charge is 2.42. The number of carbonyl (C=O) groups is 1. The van der Waals surface area contributed by atoms with Crippen LogP contribution in [0.1, 0.15) is 27.7 Å². The van der Waals surface area contributed by atoms with Crippen LogP contribution in [0.3, 0.4) is 0 Å². The van der Waals surface area contributed by atoms with Gasteiger partial charge >= 0.3 is 0 Å². The molecule has 6 nitrogen and oxygen atoms in total. The number of halogens is 1. The van der Waals surface area contributed by atoms with Gasteiger partial charge in [0.2, 0.25) is 5.76 Å². The molecule has 34 heavy (non-hydrogen) atoms. The van der Waals surface area contributed by atoms with E-state index in [0.29, 0.717) is 46.1 Å². The van der Waals surface area contributed by atoms with Gasteiger partial charge in [-0.25, -0.2) is 0 Å². The average molecular weight is 475 g/mol. The van der Waals surface area contributed by atoms with Crippen molar-refractivity contribution >= 4 is 28.5 Å². The van der Waals surface area contributed by atoms with Gasteiger partial charge in [-0.3, -0.25) is 9.59 Å². The van der Waals surface area contributed by atoms with E-state index in [-0.39, 0.29) is 17.1 Å². The van der Waals surface area contributed by atoms with Crippen LogP contribution in [0.5, 0.6) is 11.5 Å². The lowest BCUT2D eigenvalue weighted by molar-refractivity contribution is 0.0716. The van der Waals surface area contributed by atoms with E-state index in [2.05, 4.69) is 0 Å². The van der Waals surface area contributed by atoms with Crippen molar-refractivity contribution in [1.82, 2.24) is 9.80 Å². The molecule has 0 spiro atoms. The molecule has 0 bridgehead atoms. The number of amides is 1. The van der Waals surface area contributed by atoms with Crippen LogP contribution in [-0.2, 0) is 0 Å². The predicted octanol–water partition coefficient (Wildman–Crippen LogP) is 5.35. The molecule has 1 aliphatic heterocycles. The quantitative estimate of drug-likeness (QED) is 0.377. The second-order valence-corrected chi connectivity index (χ2v) is 8.94. The molecule has 2 heterocycles. The molecule has 5 rings (SSSR count). The van der Waals surface area contributed by atoms with Gasteiger partial charge in [-0.05, 0) is 62.1 Å². The first kappa shape index (κ1) is 22.2. The molecule has 0 saturated heterocycles. The summed E-state index contributed by atoms with van der Waals surface area (Å²) in [6.45, 7) is 1.07. The van der Waals surface area contributed by atoms with E-state index in [0.717, 1.165) is 5.56 Å². The largest absolute Gasteiger partial charge is 0.457 e. The number of carbonyl (C=O) groups excluding carboxylic acids is 1. The van der Waals surface area contributed by atoms with Gasteiger partial charge < -0.3 is 19.0 Å². The predicted molar refractivity (Wildman–Crippen MR) is 132 cm³/mol. The van der Waals surface area contributed by atoms with Crippen LogP contribution in [0.15, 0.2) is 82.0 Å². The molecule has 1 unspecified atom stereocenters. The molecule has 1 atom stereocenters. The van der Waals surface area contributed by atoms with Crippen LogP contribution in [0, 0.1) is 0 Å². The Labute approximate surface area is 201 Å². The molecule has 0 radical (unpaired) electrons. The number of benzene rings is 3. The van der Waals surface area contributed by atoms with Crippen LogP contribution in [0.2, 0.25) is 5.02 Å². The number of ether oxygens (including phenoxy) is 1. The summed E-state index contributed by atoms with van der Waals surface area (Å²) in [5, 5.41) is 0.790. The molecule has 0 aliphatic carbocycles. The van der Waals surface area contributed by atoms with Crippen molar-refractivity contribution in [1.29, 1.82) is 0 Å². The minimum absolute atomic E-state index is 0.0814. The summed E-state index contributed by atoms with van der Waals surface area (Å²) in [5.74, 6) is 1.10. The number of hydrogen-bond donors (Lipinski definition) is 0. The van der Waals surface area contributed by atoms with E-state index in [4.69, 9.17) is 20.8 Å². The first-order valence-electron chi connectivity index (χ1n) is 11.0. The summed E-state index contributed by atoms with van der Waals surface area (Å²) in [6, 6.07) is 21.2. The van der Waals surface area contributed by atoms with Crippen molar-refractivity contribution in [2.45, 2.75) is 6.04 Å². The fourth-order valence-electron chi connectivity index (χ4n) is 4.25. The molecule has 0 N–H and O–H groups in total. The van der Waals surface area contributed by atoms with Crippen LogP contribution >= 0.6 is 11.6 Å². The maximum absolute atomic E-state index is 13.6. The number of nitrogens with zero attached hydrogens (tertiary/aromatic N) is 2. The number of likely N-dealkylation sites (N-methyl/N-ethyl adjacent to an activating group) is 1. The van der Waals surface area contributed by atoms with Crippen molar-refractivity contribution in [3.8, 4) is 11.5 Å². The minimum atomic E-state index is -0.596. The molecule has 1 amide bonds. The normalized spacial score (nSPS) is 15.2. The number of rotatable bonds is 6. The highest BCUT2D eigenvalue weighted by molar-refractivity contribution is 6.31. The second-order valence-electron chi connectivity index (χ2n) is 8.51. The molecule has 0 fully saturated rings. The minimum Gasteiger partial charge on any atom is -0.457 e. The first-order valence-corrected chi connectivity index (χ1v) is 11.3. The molecule has 1 aromatic heterocycles. The maximum Gasteiger partial charge on any atom is 0.290 e. The topological polar surface area (TPSA) is 63.0 Å². The fraction of sp³-hybridized carbons (Fsp3) is 0.185. The summed E-state index contributed by atoms with van der Waals surface area (Å²) in [4.78, 5) is 30.8. The Hall–Kier alpha value is -3.61. The lowest BCUT2D eigenvalue weighted by Crippen LogP contribution is -2.35. The Balaban J connectivity index is 1.64. The zero-order valence-electron chi connectivity index (χ0n) is 18.8. The molecule has 4 aromatic rings. The molecular weight excluding hydrogens is 452 g/mol. The Bertz CT molecular complexity index is 1430. The number of hydrogen-bond acceptors (Lipinski definition) is 5. The molecule has 3 aromatic carbocycles. The maximum atomic E-state index is 13.6. The first-order chi connectivity index (χ1) is 16.4. The van der Waals surface area contributed by atoms with Gasteiger partial charge in [0, 0.05) is 18.1 Å². The molecule has 0 saturated carbocycles. The summed E-state index contributed by atoms with van der Waals surface area (Å²) in [7, 11) is 3.88. The lowest BCUT2D eigenvalue weighted by Gasteiger charge is -2.26. The van der Waals surface area contributed by atoms with Gasteiger partial charge in [-0.1, -0.05) is 41.9 Å². The van der Waals surface area contributed by atoms with E-state index in [9.17, 15) is 9.59 Å². The molecule has 1 aliphatic rings. The fourth-order valence-corrected chi connectivity index (χ4v) is 4.42. The standard InChI is InChI=1S/C27H23ClN2O4/c1-29(2)13-14-30-24(17-7-6-10-20(15-17)33-19-8-4-3-5-9-19)23-25(31)21-16-18(28)11-12-22(21)34-26(23)27(30)32/h3-12,15-16,24H,13-14H2,1-2H3. The Morgan fingerprint density at radius 3 is 2.50 bits per heavy atom. The van der Waals surface area contributed by atoms with E-state index < -0.39 is 6.04 Å². The zero-order chi connectivity index (χ0) is 23.8. The highest BCUT2D eigenvalue weighted by Crippen LogP contribution is 2.39. The Kier molecular flexibility index (Phi) is 5.86. The van der Waals surface area contributed by atoms with Gasteiger partial charge in [0.25, 0.3) is 5.91 Å². The summed E-state index contributed by atoms with van der Waals surface area (Å²) < 4.78 is 12.0. The van der Waals surface area contributed by atoms with Crippen molar-refractivity contribution in [2.24, 2.45) is 0 Å². The number of para-hydroxylation sites is 1. The van der Waals surface area contributed by atoms with Crippen molar-refractivity contribution in [3.05, 3.63) is 105 Å². The van der Waals surface area contributed by atoms with Crippen LogP contribution in [0.25, 0.3) is 11.0 Å². The van der Waals surface area contributed by atoms with E-state index in [1.807, 2.05) is 73.6 Å². The van der Waals surface area contributed by atoms with Crippen molar-refractivity contribution in [3.63, 3.8) is 0 Å². The van der Waals surface area contributed by atoms with Crippen molar-refractivity contribution in [2.75, 3.05) is 27.2 Å². The van der Waals surface area contributed by atoms with E-state index in [1.54, 1.807) is 23.1 Å². The lowest BCUT2D eigenvalue weighted by atomic mass is 9.98.